The number of aryl methyl sites for hydroxylation is 2. The minimum atomic E-state index is -1.27. The summed E-state index contributed by atoms with van der Waals surface area (Å²) in [5, 5.41) is 16.8. The molecule has 2 atom stereocenters. The van der Waals surface area contributed by atoms with Crippen molar-refractivity contribution in [3.05, 3.63) is 82.2 Å². The summed E-state index contributed by atoms with van der Waals surface area (Å²) in [5.74, 6) is -1.34. The van der Waals surface area contributed by atoms with Gasteiger partial charge in [0.1, 0.15) is 0 Å². The molecule has 1 N–H and O–H groups in total. The van der Waals surface area contributed by atoms with E-state index in [2.05, 4.69) is 41.5 Å². The number of hydrogen-bond donors (Lipinski definition) is 1. The van der Waals surface area contributed by atoms with E-state index in [1.54, 1.807) is 30.8 Å². The molecule has 0 aromatic heterocycles. The number of hydrazone groups is 1. The Labute approximate surface area is 199 Å². The van der Waals surface area contributed by atoms with Crippen LogP contribution in [-0.2, 0) is 27.2 Å². The Morgan fingerprint density at radius 2 is 1.65 bits per heavy atom. The van der Waals surface area contributed by atoms with Gasteiger partial charge in [0.15, 0.2) is 17.6 Å². The van der Waals surface area contributed by atoms with Crippen LogP contribution in [0.4, 0.5) is 0 Å². The number of piperazine rings is 1. The fourth-order valence-corrected chi connectivity index (χ4v) is 5.15. The SMILES string of the molecule is CC(C)C(=O)OC1=C2C(=O)N(C)CC(C3c4ccccc4CCc4ccccc43)N2N=CC1O. The maximum Gasteiger partial charge on any atom is 0.313 e. The predicted octanol–water partition coefficient (Wildman–Crippen LogP) is 2.83. The van der Waals surface area contributed by atoms with Gasteiger partial charge in [-0.3, -0.25) is 14.6 Å². The lowest BCUT2D eigenvalue weighted by Gasteiger charge is -2.45. The highest BCUT2D eigenvalue weighted by atomic mass is 16.5. The molecule has 5 rings (SSSR count). The highest BCUT2D eigenvalue weighted by molar-refractivity contribution is 5.96. The average Bonchev–Trinajstić information content (AvgIpc) is 2.99. The molecular weight excluding hydrogens is 430 g/mol. The van der Waals surface area contributed by atoms with E-state index in [1.165, 1.54) is 28.5 Å². The Balaban J connectivity index is 1.67. The topological polar surface area (TPSA) is 82.4 Å². The molecule has 0 radical (unpaired) electrons. The van der Waals surface area contributed by atoms with Crippen LogP contribution >= 0.6 is 0 Å². The van der Waals surface area contributed by atoms with E-state index in [-0.39, 0.29) is 29.3 Å². The third-order valence-electron chi connectivity index (χ3n) is 6.90. The standard InChI is InChI=1S/C27H29N3O4/c1-16(2)27(33)34-25-22(31)14-28-30-21(15-29(3)26(32)24(25)30)23-19-10-6-4-8-17(19)12-13-18-9-5-7-11-20(18)23/h4-11,14,16,21-23,31H,12-13,15H2,1-3H3. The first-order valence-corrected chi connectivity index (χ1v) is 11.7. The number of aliphatic hydroxyl groups excluding tert-OH is 1. The molecule has 2 unspecified atom stereocenters. The van der Waals surface area contributed by atoms with Gasteiger partial charge in [0.25, 0.3) is 5.91 Å². The van der Waals surface area contributed by atoms with Crippen LogP contribution < -0.4 is 0 Å². The Morgan fingerprint density at radius 1 is 1.06 bits per heavy atom. The maximum atomic E-state index is 13.3. The Morgan fingerprint density at radius 3 is 2.24 bits per heavy atom. The molecule has 2 aliphatic heterocycles. The largest absolute Gasteiger partial charge is 0.425 e. The van der Waals surface area contributed by atoms with Crippen molar-refractivity contribution in [2.75, 3.05) is 13.6 Å². The van der Waals surface area contributed by atoms with E-state index < -0.39 is 18.0 Å². The van der Waals surface area contributed by atoms with Gasteiger partial charge < -0.3 is 14.7 Å². The van der Waals surface area contributed by atoms with Crippen molar-refractivity contribution in [1.82, 2.24) is 9.91 Å². The summed E-state index contributed by atoms with van der Waals surface area (Å²) in [7, 11) is 1.74. The van der Waals surface area contributed by atoms with Crippen molar-refractivity contribution >= 4 is 18.1 Å². The molecule has 7 nitrogen and oxygen atoms in total. The van der Waals surface area contributed by atoms with Crippen molar-refractivity contribution in [3.8, 4) is 0 Å². The molecular formula is C27H29N3O4. The van der Waals surface area contributed by atoms with Gasteiger partial charge in [0.2, 0.25) is 0 Å². The van der Waals surface area contributed by atoms with Crippen LogP contribution in [0.25, 0.3) is 0 Å². The molecule has 2 aromatic rings. The Hall–Kier alpha value is -3.45. The van der Waals surface area contributed by atoms with Crippen molar-refractivity contribution in [2.24, 2.45) is 11.0 Å². The van der Waals surface area contributed by atoms with Crippen molar-refractivity contribution in [3.63, 3.8) is 0 Å². The molecule has 0 spiro atoms. The molecule has 2 aromatic carbocycles. The molecule has 3 aliphatic rings. The number of hydrogen-bond acceptors (Lipinski definition) is 6. The van der Waals surface area contributed by atoms with E-state index >= 15 is 0 Å². The van der Waals surface area contributed by atoms with Gasteiger partial charge in [-0.15, -0.1) is 0 Å². The number of amides is 1. The summed E-state index contributed by atoms with van der Waals surface area (Å²) in [5.41, 5.74) is 5.10. The van der Waals surface area contributed by atoms with Crippen LogP contribution in [0.3, 0.4) is 0 Å². The first-order valence-electron chi connectivity index (χ1n) is 11.7. The lowest BCUT2D eigenvalue weighted by atomic mass is 9.81. The number of aliphatic hydroxyl groups is 1. The molecule has 7 heteroatoms. The zero-order chi connectivity index (χ0) is 24.0. The van der Waals surface area contributed by atoms with Gasteiger partial charge in [-0.2, -0.15) is 5.10 Å². The Kier molecular flexibility index (Phi) is 5.73. The van der Waals surface area contributed by atoms with Crippen molar-refractivity contribution < 1.29 is 19.4 Å². The van der Waals surface area contributed by atoms with E-state index in [1.807, 2.05) is 12.1 Å². The molecule has 1 aliphatic carbocycles. The Bertz CT molecular complexity index is 1150. The van der Waals surface area contributed by atoms with Crippen LogP contribution in [0.1, 0.15) is 42.0 Å². The molecule has 2 heterocycles. The van der Waals surface area contributed by atoms with Crippen molar-refractivity contribution in [2.45, 2.75) is 44.8 Å². The minimum Gasteiger partial charge on any atom is -0.425 e. The van der Waals surface area contributed by atoms with Crippen LogP contribution in [0.2, 0.25) is 0 Å². The molecule has 0 bridgehead atoms. The summed E-state index contributed by atoms with van der Waals surface area (Å²) in [6, 6.07) is 16.6. The fourth-order valence-electron chi connectivity index (χ4n) is 5.15. The predicted molar refractivity (Wildman–Crippen MR) is 128 cm³/mol. The van der Waals surface area contributed by atoms with Gasteiger partial charge in [-0.05, 0) is 35.1 Å². The first kappa shape index (κ1) is 22.3. The number of likely N-dealkylation sites (N-methyl/N-ethyl adjacent to an activating group) is 1. The number of benzene rings is 2. The van der Waals surface area contributed by atoms with E-state index in [0.29, 0.717) is 6.54 Å². The molecule has 34 heavy (non-hydrogen) atoms. The van der Waals surface area contributed by atoms with Crippen LogP contribution in [0, 0.1) is 5.92 Å². The van der Waals surface area contributed by atoms with E-state index in [4.69, 9.17) is 4.74 Å². The number of fused-ring (bicyclic) bond motifs is 3. The van der Waals surface area contributed by atoms with Gasteiger partial charge in [-0.1, -0.05) is 62.4 Å². The van der Waals surface area contributed by atoms with Crippen LogP contribution in [0.15, 0.2) is 65.1 Å². The van der Waals surface area contributed by atoms with E-state index in [0.717, 1.165) is 12.8 Å². The van der Waals surface area contributed by atoms with Gasteiger partial charge in [0.05, 0.1) is 18.2 Å². The number of carbonyl (C=O) groups excluding carboxylic acids is 2. The van der Waals surface area contributed by atoms with Crippen molar-refractivity contribution in [1.29, 1.82) is 0 Å². The van der Waals surface area contributed by atoms with Gasteiger partial charge in [-0.25, -0.2) is 0 Å². The van der Waals surface area contributed by atoms with E-state index in [9.17, 15) is 14.7 Å². The summed E-state index contributed by atoms with van der Waals surface area (Å²) in [6.45, 7) is 3.87. The third-order valence-corrected chi connectivity index (χ3v) is 6.90. The highest BCUT2D eigenvalue weighted by Crippen LogP contribution is 2.42. The van der Waals surface area contributed by atoms with Crippen LogP contribution in [-0.4, -0.2) is 58.8 Å². The second-order valence-electron chi connectivity index (χ2n) is 9.47. The molecule has 1 fully saturated rings. The summed E-state index contributed by atoms with van der Waals surface area (Å²) >= 11 is 0. The summed E-state index contributed by atoms with van der Waals surface area (Å²) in [4.78, 5) is 27.4. The van der Waals surface area contributed by atoms with Gasteiger partial charge >= 0.3 is 5.97 Å². The monoisotopic (exact) mass is 459 g/mol. The molecule has 1 saturated heterocycles. The smallest absolute Gasteiger partial charge is 0.313 e. The zero-order valence-corrected chi connectivity index (χ0v) is 19.6. The first-order chi connectivity index (χ1) is 16.4. The minimum absolute atomic E-state index is 0.0505. The second-order valence-corrected chi connectivity index (χ2v) is 9.47. The average molecular weight is 460 g/mol. The number of nitrogens with zero attached hydrogens (tertiary/aromatic N) is 3. The number of rotatable bonds is 3. The molecule has 1 amide bonds. The van der Waals surface area contributed by atoms with Gasteiger partial charge in [0, 0.05) is 19.5 Å². The molecule has 176 valence electrons. The normalized spacial score (nSPS) is 22.3. The third kappa shape index (κ3) is 3.70. The maximum absolute atomic E-state index is 13.3. The number of carbonyl (C=O) groups is 2. The quantitative estimate of drug-likeness (QED) is 0.714. The lowest BCUT2D eigenvalue weighted by molar-refractivity contribution is -0.145. The lowest BCUT2D eigenvalue weighted by Crippen LogP contribution is -2.56. The fraction of sp³-hybridized carbons (Fsp3) is 0.370. The van der Waals surface area contributed by atoms with Crippen LogP contribution in [0.5, 0.6) is 0 Å². The zero-order valence-electron chi connectivity index (χ0n) is 19.6. The molecule has 0 saturated carbocycles. The number of esters is 1. The summed E-state index contributed by atoms with van der Waals surface area (Å²) in [6.07, 6.45) is 1.95. The number of ether oxygens (including phenoxy) is 1. The second kappa shape index (κ2) is 8.72. The summed E-state index contributed by atoms with van der Waals surface area (Å²) < 4.78 is 5.56. The highest BCUT2D eigenvalue weighted by Gasteiger charge is 2.46.